The molecule has 0 aliphatic rings. The first-order valence-corrected chi connectivity index (χ1v) is 7.95. The van der Waals surface area contributed by atoms with E-state index in [2.05, 4.69) is 17.1 Å². The maximum absolute atomic E-state index is 12.4. The van der Waals surface area contributed by atoms with Gasteiger partial charge in [0.2, 0.25) is 0 Å². The number of carbonyl (C=O) groups excluding carboxylic acids is 1. The lowest BCUT2D eigenvalue weighted by molar-refractivity contribution is 0.0888. The number of hydrogen-bond acceptors (Lipinski definition) is 4. The molecular weight excluding hydrogens is 276 g/mol. The van der Waals surface area contributed by atoms with E-state index in [4.69, 9.17) is 11.5 Å². The van der Waals surface area contributed by atoms with Gasteiger partial charge >= 0.3 is 0 Å². The molecular formula is C17H30N4O. The van der Waals surface area contributed by atoms with Gasteiger partial charge in [0.25, 0.3) is 5.91 Å². The minimum atomic E-state index is -0.342. The van der Waals surface area contributed by atoms with Crippen molar-refractivity contribution in [2.45, 2.75) is 32.7 Å². The van der Waals surface area contributed by atoms with Crippen LogP contribution < -0.4 is 16.8 Å². The number of nitrogens with one attached hydrogen (secondary N) is 1. The molecule has 0 aliphatic carbocycles. The van der Waals surface area contributed by atoms with E-state index >= 15 is 0 Å². The molecule has 1 aromatic rings. The van der Waals surface area contributed by atoms with Crippen molar-refractivity contribution in [1.82, 2.24) is 10.2 Å². The fraction of sp³-hybridized carbons (Fsp3) is 0.588. The molecule has 1 aromatic carbocycles. The van der Waals surface area contributed by atoms with Crippen molar-refractivity contribution in [2.24, 2.45) is 11.5 Å². The number of hydrogen-bond donors (Lipinski definition) is 3. The van der Waals surface area contributed by atoms with Crippen LogP contribution in [0.3, 0.4) is 0 Å². The molecule has 0 saturated carbocycles. The Bertz CT molecular complexity index is 450. The van der Waals surface area contributed by atoms with Crippen molar-refractivity contribution in [3.8, 4) is 0 Å². The van der Waals surface area contributed by atoms with Gasteiger partial charge in [-0.25, -0.2) is 0 Å². The number of amides is 1. The number of nitrogens with zero attached hydrogens (tertiary/aromatic N) is 1. The summed E-state index contributed by atoms with van der Waals surface area (Å²) in [5.74, 6) is -0.0481. The summed E-state index contributed by atoms with van der Waals surface area (Å²) in [6.45, 7) is 9.59. The van der Waals surface area contributed by atoms with Crippen LogP contribution in [0.5, 0.6) is 0 Å². The molecule has 0 atom stereocenters. The van der Waals surface area contributed by atoms with E-state index in [1.165, 1.54) is 5.56 Å². The first-order valence-electron chi connectivity index (χ1n) is 7.95. The molecule has 5 heteroatoms. The maximum atomic E-state index is 12.4. The smallest absolute Gasteiger partial charge is 0.251 e. The average Bonchev–Trinajstić information content (AvgIpc) is 2.47. The van der Waals surface area contributed by atoms with Crippen LogP contribution >= 0.6 is 0 Å². The molecule has 5 N–H and O–H groups in total. The summed E-state index contributed by atoms with van der Waals surface area (Å²) in [5.41, 5.74) is 12.8. The quantitative estimate of drug-likeness (QED) is 0.635. The standard InChI is InChI=1S/C17H30N4O/c1-4-14-5-7-15(8-6-14)16(22)20-17(2,3)13-21(11-9-18)12-10-19/h5-8H,4,9-13,18-19H2,1-3H3,(H,20,22). The highest BCUT2D eigenvalue weighted by molar-refractivity contribution is 5.94. The zero-order chi connectivity index (χ0) is 16.6. The number of benzene rings is 1. The van der Waals surface area contributed by atoms with Gasteiger partial charge in [-0.3, -0.25) is 9.69 Å². The predicted molar refractivity (Wildman–Crippen MR) is 91.9 cm³/mol. The average molecular weight is 306 g/mol. The Morgan fingerprint density at radius 2 is 1.68 bits per heavy atom. The lowest BCUT2D eigenvalue weighted by atomic mass is 10.0. The van der Waals surface area contributed by atoms with Crippen LogP contribution in [0.25, 0.3) is 0 Å². The van der Waals surface area contributed by atoms with Gasteiger partial charge in [0.1, 0.15) is 0 Å². The van der Waals surface area contributed by atoms with Gasteiger partial charge in [-0.2, -0.15) is 0 Å². The summed E-state index contributed by atoms with van der Waals surface area (Å²) < 4.78 is 0. The second-order valence-corrected chi connectivity index (χ2v) is 6.24. The highest BCUT2D eigenvalue weighted by Crippen LogP contribution is 2.10. The highest BCUT2D eigenvalue weighted by Gasteiger charge is 2.24. The predicted octanol–water partition coefficient (Wildman–Crippen LogP) is 0.977. The fourth-order valence-corrected chi connectivity index (χ4v) is 2.50. The van der Waals surface area contributed by atoms with Crippen molar-refractivity contribution < 1.29 is 4.79 Å². The molecule has 22 heavy (non-hydrogen) atoms. The molecule has 0 spiro atoms. The largest absolute Gasteiger partial charge is 0.346 e. The van der Waals surface area contributed by atoms with Crippen molar-refractivity contribution in [3.63, 3.8) is 0 Å². The Hall–Kier alpha value is -1.43. The summed E-state index contributed by atoms with van der Waals surface area (Å²) >= 11 is 0. The Balaban J connectivity index is 2.66. The lowest BCUT2D eigenvalue weighted by Crippen LogP contribution is -2.53. The molecule has 0 unspecified atom stereocenters. The molecule has 0 aromatic heterocycles. The van der Waals surface area contributed by atoms with Crippen molar-refractivity contribution in [2.75, 3.05) is 32.7 Å². The Kier molecular flexibility index (Phi) is 7.51. The van der Waals surface area contributed by atoms with Gasteiger partial charge in [-0.05, 0) is 38.0 Å². The van der Waals surface area contributed by atoms with Gasteiger partial charge in [-0.1, -0.05) is 19.1 Å². The van der Waals surface area contributed by atoms with Gasteiger partial charge in [0, 0.05) is 43.8 Å². The maximum Gasteiger partial charge on any atom is 0.251 e. The van der Waals surface area contributed by atoms with Crippen molar-refractivity contribution in [1.29, 1.82) is 0 Å². The van der Waals surface area contributed by atoms with Crippen LogP contribution in [0.15, 0.2) is 24.3 Å². The SMILES string of the molecule is CCc1ccc(C(=O)NC(C)(C)CN(CCN)CCN)cc1. The van der Waals surface area contributed by atoms with Crippen LogP contribution in [0, 0.1) is 0 Å². The summed E-state index contributed by atoms with van der Waals surface area (Å²) in [4.78, 5) is 14.6. The molecule has 0 saturated heterocycles. The van der Waals surface area contributed by atoms with E-state index in [0.29, 0.717) is 18.7 Å². The summed E-state index contributed by atoms with van der Waals surface area (Å²) in [6.07, 6.45) is 0.973. The van der Waals surface area contributed by atoms with E-state index in [9.17, 15) is 4.79 Å². The minimum absolute atomic E-state index is 0.0481. The van der Waals surface area contributed by atoms with Gasteiger partial charge in [0.05, 0.1) is 0 Å². The summed E-state index contributed by atoms with van der Waals surface area (Å²) in [5, 5.41) is 3.10. The van der Waals surface area contributed by atoms with Crippen LogP contribution in [0.2, 0.25) is 0 Å². The molecule has 1 rings (SSSR count). The van der Waals surface area contributed by atoms with Crippen LogP contribution in [0.4, 0.5) is 0 Å². The zero-order valence-corrected chi connectivity index (χ0v) is 14.1. The molecule has 124 valence electrons. The summed E-state index contributed by atoms with van der Waals surface area (Å²) in [6, 6.07) is 7.75. The van der Waals surface area contributed by atoms with Crippen molar-refractivity contribution >= 4 is 5.91 Å². The number of rotatable bonds is 9. The Morgan fingerprint density at radius 1 is 1.14 bits per heavy atom. The van der Waals surface area contributed by atoms with Gasteiger partial charge in [-0.15, -0.1) is 0 Å². The molecule has 0 radical (unpaired) electrons. The Labute approximate surface area is 134 Å². The van der Waals surface area contributed by atoms with E-state index in [1.807, 2.05) is 38.1 Å². The van der Waals surface area contributed by atoms with E-state index < -0.39 is 0 Å². The molecule has 0 bridgehead atoms. The van der Waals surface area contributed by atoms with Gasteiger partial charge < -0.3 is 16.8 Å². The molecule has 5 nitrogen and oxygen atoms in total. The highest BCUT2D eigenvalue weighted by atomic mass is 16.1. The topological polar surface area (TPSA) is 84.4 Å². The third-order valence-electron chi connectivity index (χ3n) is 3.59. The third kappa shape index (κ3) is 6.13. The van der Waals surface area contributed by atoms with Crippen LogP contribution in [-0.4, -0.2) is 49.1 Å². The minimum Gasteiger partial charge on any atom is -0.346 e. The fourth-order valence-electron chi connectivity index (χ4n) is 2.50. The second-order valence-electron chi connectivity index (χ2n) is 6.24. The monoisotopic (exact) mass is 306 g/mol. The molecule has 0 aliphatic heterocycles. The van der Waals surface area contributed by atoms with E-state index in [1.54, 1.807) is 0 Å². The van der Waals surface area contributed by atoms with E-state index in [0.717, 1.165) is 26.1 Å². The normalized spacial score (nSPS) is 11.7. The third-order valence-corrected chi connectivity index (χ3v) is 3.59. The second kappa shape index (κ2) is 8.88. The van der Waals surface area contributed by atoms with Crippen molar-refractivity contribution in [3.05, 3.63) is 35.4 Å². The molecule has 0 heterocycles. The first-order chi connectivity index (χ1) is 10.4. The van der Waals surface area contributed by atoms with Gasteiger partial charge in [0.15, 0.2) is 0 Å². The van der Waals surface area contributed by atoms with E-state index in [-0.39, 0.29) is 11.4 Å². The molecule has 0 fully saturated rings. The Morgan fingerprint density at radius 3 is 2.14 bits per heavy atom. The lowest BCUT2D eigenvalue weighted by Gasteiger charge is -2.33. The first kappa shape index (κ1) is 18.6. The van der Waals surface area contributed by atoms with Crippen LogP contribution in [0.1, 0.15) is 36.7 Å². The van der Waals surface area contributed by atoms with Crippen LogP contribution in [-0.2, 0) is 6.42 Å². The number of aryl methyl sites for hydroxylation is 1. The molecule has 1 amide bonds. The zero-order valence-electron chi connectivity index (χ0n) is 14.1. The number of carbonyl (C=O) groups is 1. The number of nitrogens with two attached hydrogens (primary N) is 2. The summed E-state index contributed by atoms with van der Waals surface area (Å²) in [7, 11) is 0.